The zero-order valence-corrected chi connectivity index (χ0v) is 19.2. The Labute approximate surface area is 196 Å². The molecule has 4 aromatic rings. The molecule has 10 heteroatoms. The highest BCUT2D eigenvalue weighted by atomic mass is 35.5. The molecule has 0 radical (unpaired) electrons. The van der Waals surface area contributed by atoms with E-state index in [0.29, 0.717) is 30.6 Å². The number of hydrogen-bond donors (Lipinski definition) is 1. The van der Waals surface area contributed by atoms with Crippen molar-refractivity contribution in [1.29, 1.82) is 0 Å². The van der Waals surface area contributed by atoms with Gasteiger partial charge in [-0.2, -0.15) is 10.1 Å². The summed E-state index contributed by atoms with van der Waals surface area (Å²) in [7, 11) is 0. The van der Waals surface area contributed by atoms with Crippen LogP contribution in [0, 0.1) is 6.92 Å². The van der Waals surface area contributed by atoms with Crippen molar-refractivity contribution in [2.24, 2.45) is 0 Å². The first kappa shape index (κ1) is 21.8. The van der Waals surface area contributed by atoms with Crippen LogP contribution in [0.3, 0.4) is 0 Å². The summed E-state index contributed by atoms with van der Waals surface area (Å²) >= 11 is 19.4. The Bertz CT molecular complexity index is 1370. The van der Waals surface area contributed by atoms with Gasteiger partial charge in [0.1, 0.15) is 10.6 Å². The van der Waals surface area contributed by atoms with Crippen molar-refractivity contribution in [1.82, 2.24) is 19.9 Å². The molecule has 1 amide bonds. The molecule has 0 atom stereocenters. The molecule has 0 aliphatic carbocycles. The number of carbonyl (C=O) groups is 1. The van der Waals surface area contributed by atoms with Crippen LogP contribution in [0.15, 0.2) is 47.3 Å². The van der Waals surface area contributed by atoms with Gasteiger partial charge in [0.2, 0.25) is 4.96 Å². The van der Waals surface area contributed by atoms with Gasteiger partial charge in [0.15, 0.2) is 0 Å². The van der Waals surface area contributed by atoms with Crippen molar-refractivity contribution >= 4 is 57.0 Å². The third-order valence-electron chi connectivity index (χ3n) is 4.66. The van der Waals surface area contributed by atoms with Crippen LogP contribution in [-0.4, -0.2) is 20.5 Å². The molecule has 2 aromatic carbocycles. The summed E-state index contributed by atoms with van der Waals surface area (Å²) in [6.45, 7) is 1.99. The van der Waals surface area contributed by atoms with Crippen LogP contribution in [0.4, 0.5) is 0 Å². The van der Waals surface area contributed by atoms with Gasteiger partial charge < -0.3 is 5.32 Å². The summed E-state index contributed by atoms with van der Waals surface area (Å²) in [5, 5.41) is 8.81. The topological polar surface area (TPSA) is 76.4 Å². The second kappa shape index (κ2) is 8.96. The lowest BCUT2D eigenvalue weighted by molar-refractivity contribution is 0.0954. The monoisotopic (exact) mass is 492 g/mol. The number of thiazole rings is 1. The molecular weight excluding hydrogens is 479 g/mol. The first-order chi connectivity index (χ1) is 14.8. The molecule has 2 heterocycles. The van der Waals surface area contributed by atoms with E-state index in [-0.39, 0.29) is 24.6 Å². The summed E-state index contributed by atoms with van der Waals surface area (Å²) in [6.07, 6.45) is 0.250. The Morgan fingerprint density at radius 2 is 1.87 bits per heavy atom. The van der Waals surface area contributed by atoms with Crippen LogP contribution < -0.4 is 10.9 Å². The predicted octanol–water partition coefficient (Wildman–Crippen LogP) is 4.94. The number of benzene rings is 2. The maximum Gasteiger partial charge on any atom is 0.296 e. The Balaban J connectivity index is 1.60. The van der Waals surface area contributed by atoms with E-state index < -0.39 is 5.56 Å². The number of halogens is 3. The highest BCUT2D eigenvalue weighted by molar-refractivity contribution is 7.19. The highest BCUT2D eigenvalue weighted by Gasteiger charge is 2.19. The van der Waals surface area contributed by atoms with E-state index in [4.69, 9.17) is 34.8 Å². The molecule has 0 aliphatic heterocycles. The molecule has 0 saturated heterocycles. The molecule has 1 N–H and O–H groups in total. The highest BCUT2D eigenvalue weighted by Crippen LogP contribution is 2.23. The Kier molecular flexibility index (Phi) is 6.29. The standard InChI is InChI=1S/C21H15Cl3N4O2S/c1-11-18(20(30)25-10-13-6-7-14(22)9-16(13)24)31-21-26-19(29)17(27-28(11)21)8-12-4-2-3-5-15(12)23/h2-7,9H,8,10H2,1H3,(H,25,30). The minimum atomic E-state index is -0.443. The lowest BCUT2D eigenvalue weighted by Gasteiger charge is -2.07. The predicted molar refractivity (Wildman–Crippen MR) is 124 cm³/mol. The first-order valence-corrected chi connectivity index (χ1v) is 11.1. The second-order valence-corrected chi connectivity index (χ2v) is 8.99. The molecule has 158 valence electrons. The van der Waals surface area contributed by atoms with Gasteiger partial charge in [-0.1, -0.05) is 70.4 Å². The lowest BCUT2D eigenvalue weighted by atomic mass is 10.1. The minimum Gasteiger partial charge on any atom is -0.347 e. The fourth-order valence-corrected chi connectivity index (χ4v) is 4.67. The molecular formula is C21H15Cl3N4O2S. The van der Waals surface area contributed by atoms with E-state index in [2.05, 4.69) is 15.4 Å². The maximum atomic E-state index is 12.8. The van der Waals surface area contributed by atoms with Crippen molar-refractivity contribution in [2.75, 3.05) is 0 Å². The SMILES string of the molecule is Cc1c(C(=O)NCc2ccc(Cl)cc2Cl)sc2nc(=O)c(Cc3ccccc3Cl)nn12. The van der Waals surface area contributed by atoms with Gasteiger partial charge >= 0.3 is 0 Å². The quantitative estimate of drug-likeness (QED) is 0.427. The number of amides is 1. The Morgan fingerprint density at radius 3 is 2.61 bits per heavy atom. The molecule has 4 rings (SSSR count). The normalized spacial score (nSPS) is 11.1. The van der Waals surface area contributed by atoms with E-state index >= 15 is 0 Å². The van der Waals surface area contributed by atoms with Gasteiger partial charge in [-0.25, -0.2) is 4.52 Å². The molecule has 0 spiro atoms. The third kappa shape index (κ3) is 4.60. The number of nitrogens with one attached hydrogen (secondary N) is 1. The Hall–Kier alpha value is -2.45. The van der Waals surface area contributed by atoms with Gasteiger partial charge in [-0.05, 0) is 36.2 Å². The molecule has 6 nitrogen and oxygen atoms in total. The molecule has 0 aliphatic rings. The fraction of sp³-hybridized carbons (Fsp3) is 0.143. The van der Waals surface area contributed by atoms with Crippen molar-refractivity contribution < 1.29 is 4.79 Å². The number of carbonyl (C=O) groups excluding carboxylic acids is 1. The largest absolute Gasteiger partial charge is 0.347 e. The van der Waals surface area contributed by atoms with Crippen LogP contribution in [0.25, 0.3) is 4.96 Å². The summed E-state index contributed by atoms with van der Waals surface area (Å²) < 4.78 is 1.52. The fourth-order valence-electron chi connectivity index (χ4n) is 3.02. The van der Waals surface area contributed by atoms with E-state index in [1.807, 2.05) is 18.2 Å². The molecule has 0 unspecified atom stereocenters. The van der Waals surface area contributed by atoms with Gasteiger partial charge in [-0.15, -0.1) is 0 Å². The number of aryl methyl sites for hydroxylation is 1. The molecule has 2 aromatic heterocycles. The summed E-state index contributed by atoms with van der Waals surface area (Å²) in [5.41, 5.74) is 1.92. The van der Waals surface area contributed by atoms with Crippen molar-refractivity contribution in [3.63, 3.8) is 0 Å². The second-order valence-electron chi connectivity index (χ2n) is 6.76. The van der Waals surface area contributed by atoms with Gasteiger partial charge in [0.25, 0.3) is 11.5 Å². The zero-order chi connectivity index (χ0) is 22.1. The molecule has 0 bridgehead atoms. The smallest absolute Gasteiger partial charge is 0.296 e. The number of hydrogen-bond acceptors (Lipinski definition) is 5. The summed E-state index contributed by atoms with van der Waals surface area (Å²) in [6, 6.07) is 12.3. The maximum absolute atomic E-state index is 12.8. The van der Waals surface area contributed by atoms with Crippen LogP contribution in [-0.2, 0) is 13.0 Å². The minimum absolute atomic E-state index is 0.235. The summed E-state index contributed by atoms with van der Waals surface area (Å²) in [5.74, 6) is -0.305. The molecule has 0 fully saturated rings. The molecule has 31 heavy (non-hydrogen) atoms. The van der Waals surface area contributed by atoms with E-state index in [9.17, 15) is 9.59 Å². The lowest BCUT2D eigenvalue weighted by Crippen LogP contribution is -2.23. The molecule has 0 saturated carbocycles. The van der Waals surface area contributed by atoms with Gasteiger partial charge in [-0.3, -0.25) is 9.59 Å². The number of fused-ring (bicyclic) bond motifs is 1. The number of aromatic nitrogens is 3. The van der Waals surface area contributed by atoms with E-state index in [1.54, 1.807) is 31.2 Å². The number of rotatable bonds is 5. The van der Waals surface area contributed by atoms with Gasteiger partial charge in [0, 0.05) is 28.0 Å². The summed E-state index contributed by atoms with van der Waals surface area (Å²) in [4.78, 5) is 30.1. The van der Waals surface area contributed by atoms with Crippen LogP contribution in [0.5, 0.6) is 0 Å². The third-order valence-corrected chi connectivity index (χ3v) is 6.75. The average molecular weight is 494 g/mol. The van der Waals surface area contributed by atoms with Crippen LogP contribution in [0.1, 0.15) is 32.2 Å². The zero-order valence-electron chi connectivity index (χ0n) is 16.2. The van der Waals surface area contributed by atoms with E-state index in [1.165, 1.54) is 4.52 Å². The van der Waals surface area contributed by atoms with Crippen molar-refractivity contribution in [2.45, 2.75) is 19.9 Å². The Morgan fingerprint density at radius 1 is 1.10 bits per heavy atom. The van der Waals surface area contributed by atoms with Crippen LogP contribution in [0.2, 0.25) is 15.1 Å². The number of nitrogens with zero attached hydrogens (tertiary/aromatic N) is 3. The first-order valence-electron chi connectivity index (χ1n) is 9.18. The van der Waals surface area contributed by atoms with Crippen LogP contribution >= 0.6 is 46.1 Å². The van der Waals surface area contributed by atoms with E-state index in [0.717, 1.165) is 22.5 Å². The van der Waals surface area contributed by atoms with Crippen molar-refractivity contribution in [3.8, 4) is 0 Å². The van der Waals surface area contributed by atoms with Crippen molar-refractivity contribution in [3.05, 3.63) is 95.3 Å². The van der Waals surface area contributed by atoms with Gasteiger partial charge in [0.05, 0.1) is 5.69 Å². The average Bonchev–Trinajstić information content (AvgIpc) is 3.04.